The maximum atomic E-state index is 13.2. The van der Waals surface area contributed by atoms with E-state index in [9.17, 15) is 14.4 Å². The third kappa shape index (κ3) is 8.29. The highest BCUT2D eigenvalue weighted by Gasteiger charge is 2.16. The van der Waals surface area contributed by atoms with Gasteiger partial charge < -0.3 is 16.0 Å². The fraction of sp³-hybridized carbons (Fsp3) is 0.0909. The van der Waals surface area contributed by atoms with Gasteiger partial charge in [0.1, 0.15) is 5.70 Å². The molecule has 3 amide bonds. The summed E-state index contributed by atoms with van der Waals surface area (Å²) in [6.45, 7) is 4.04. The van der Waals surface area contributed by atoms with Crippen molar-refractivity contribution in [2.24, 2.45) is 0 Å². The molecule has 0 fully saturated rings. The molecule has 3 N–H and O–H groups in total. The molecule has 0 radical (unpaired) electrons. The summed E-state index contributed by atoms with van der Waals surface area (Å²) in [5.41, 5.74) is 5.03. The monoisotopic (exact) mass is 624 g/mol. The zero-order chi connectivity index (χ0) is 30.2. The number of carbonyl (C=O) groups is 3. The first kappa shape index (κ1) is 30.0. The van der Waals surface area contributed by atoms with Crippen LogP contribution < -0.4 is 16.0 Å². The molecule has 2 aromatic heterocycles. The summed E-state index contributed by atoms with van der Waals surface area (Å²) in [6.07, 6.45) is 1.64. The zero-order valence-corrected chi connectivity index (χ0v) is 25.9. The highest BCUT2D eigenvalue weighted by molar-refractivity contribution is 8.00. The molecule has 5 rings (SSSR count). The maximum Gasteiger partial charge on any atom is 0.272 e. The summed E-state index contributed by atoms with van der Waals surface area (Å²) < 4.78 is 0. The standard InChI is InChI=1S/C33H28N4O3S3/c1-21-8-10-24(11-9-21)30-22(2)43-33(37-30)36-29(38)20-42-27-14-12-26(13-15-27)34-32(40)28(18-23-16-17-41-19-23)35-31(39)25-6-4-3-5-7-25/h3-19H,20H2,1-2H3,(H,34,40)(H,35,39)(H,36,37,38)/b28-18-. The number of thiophene rings is 1. The molecular formula is C33H28N4O3S3. The Balaban J connectivity index is 1.17. The van der Waals surface area contributed by atoms with Gasteiger partial charge in [-0.3, -0.25) is 14.4 Å². The van der Waals surface area contributed by atoms with E-state index in [4.69, 9.17) is 0 Å². The van der Waals surface area contributed by atoms with E-state index in [2.05, 4.69) is 20.9 Å². The van der Waals surface area contributed by atoms with Crippen LogP contribution in [-0.4, -0.2) is 28.5 Å². The summed E-state index contributed by atoms with van der Waals surface area (Å²) in [7, 11) is 0. The molecule has 0 aliphatic carbocycles. The van der Waals surface area contributed by atoms with Gasteiger partial charge in [-0.1, -0.05) is 48.0 Å². The van der Waals surface area contributed by atoms with Crippen molar-refractivity contribution in [3.63, 3.8) is 0 Å². The Hall–Kier alpha value is -4.51. The van der Waals surface area contributed by atoms with E-state index in [1.165, 1.54) is 40.0 Å². The minimum Gasteiger partial charge on any atom is -0.321 e. The molecule has 7 nitrogen and oxygen atoms in total. The lowest BCUT2D eigenvalue weighted by Crippen LogP contribution is -2.30. The third-order valence-electron chi connectivity index (χ3n) is 6.23. The normalized spacial score (nSPS) is 11.2. The van der Waals surface area contributed by atoms with E-state index in [0.29, 0.717) is 16.4 Å². The Morgan fingerprint density at radius 2 is 1.63 bits per heavy atom. The number of benzene rings is 3. The van der Waals surface area contributed by atoms with Crippen molar-refractivity contribution < 1.29 is 14.4 Å². The second-order valence-corrected chi connectivity index (χ2v) is 12.6. The molecule has 3 aromatic carbocycles. The number of thioether (sulfide) groups is 1. The smallest absolute Gasteiger partial charge is 0.272 e. The van der Waals surface area contributed by atoms with Crippen LogP contribution >= 0.6 is 34.4 Å². The van der Waals surface area contributed by atoms with Crippen LogP contribution in [0.2, 0.25) is 0 Å². The van der Waals surface area contributed by atoms with Crippen molar-refractivity contribution in [3.8, 4) is 11.3 Å². The van der Waals surface area contributed by atoms with E-state index in [1.54, 1.807) is 42.5 Å². The topological polar surface area (TPSA) is 100 Å². The number of anilines is 2. The summed E-state index contributed by atoms with van der Waals surface area (Å²) in [4.78, 5) is 45.1. The van der Waals surface area contributed by atoms with Gasteiger partial charge in [-0.25, -0.2) is 4.98 Å². The lowest BCUT2D eigenvalue weighted by Gasteiger charge is -2.11. The summed E-state index contributed by atoms with van der Waals surface area (Å²) in [5.74, 6) is -0.757. The minimum atomic E-state index is -0.445. The molecule has 5 aromatic rings. The first-order valence-electron chi connectivity index (χ1n) is 13.3. The number of hydrogen-bond donors (Lipinski definition) is 3. The Labute approximate surface area is 262 Å². The number of hydrogen-bond acceptors (Lipinski definition) is 7. The molecule has 0 aliphatic heterocycles. The Morgan fingerprint density at radius 3 is 2.33 bits per heavy atom. The molecule has 0 aliphatic rings. The predicted molar refractivity (Wildman–Crippen MR) is 178 cm³/mol. The quantitative estimate of drug-likeness (QED) is 0.110. The second-order valence-electron chi connectivity index (χ2n) is 9.54. The number of aryl methyl sites for hydroxylation is 2. The van der Waals surface area contributed by atoms with Crippen LogP contribution in [0, 0.1) is 13.8 Å². The van der Waals surface area contributed by atoms with Crippen LogP contribution in [0.25, 0.3) is 17.3 Å². The Bertz CT molecular complexity index is 1750. The van der Waals surface area contributed by atoms with Gasteiger partial charge in [0, 0.05) is 26.6 Å². The van der Waals surface area contributed by atoms with Crippen LogP contribution in [0.5, 0.6) is 0 Å². The highest BCUT2D eigenvalue weighted by atomic mass is 32.2. The first-order chi connectivity index (χ1) is 20.8. The van der Waals surface area contributed by atoms with Gasteiger partial charge in [-0.05, 0) is 78.7 Å². The molecule has 0 atom stereocenters. The first-order valence-corrected chi connectivity index (χ1v) is 16.1. The average molecular weight is 625 g/mol. The summed E-state index contributed by atoms with van der Waals surface area (Å²) in [5, 5.41) is 12.8. The van der Waals surface area contributed by atoms with Gasteiger partial charge in [0.05, 0.1) is 11.4 Å². The van der Waals surface area contributed by atoms with Crippen LogP contribution in [-0.2, 0) is 9.59 Å². The van der Waals surface area contributed by atoms with Gasteiger partial charge >= 0.3 is 0 Å². The highest BCUT2D eigenvalue weighted by Crippen LogP contribution is 2.31. The molecule has 10 heteroatoms. The Morgan fingerprint density at radius 1 is 0.884 bits per heavy atom. The number of amides is 3. The molecule has 0 bridgehead atoms. The van der Waals surface area contributed by atoms with Gasteiger partial charge in [-0.2, -0.15) is 11.3 Å². The third-order valence-corrected chi connectivity index (χ3v) is 8.83. The van der Waals surface area contributed by atoms with Gasteiger partial charge in [0.2, 0.25) is 5.91 Å². The van der Waals surface area contributed by atoms with E-state index >= 15 is 0 Å². The van der Waals surface area contributed by atoms with Crippen LogP contribution in [0.1, 0.15) is 26.4 Å². The SMILES string of the molecule is Cc1ccc(-c2nc(NC(=O)CSc3ccc(NC(=O)/C(=C/c4ccsc4)NC(=O)c4ccccc4)cc3)sc2C)cc1. The lowest BCUT2D eigenvalue weighted by molar-refractivity contribution is -0.114. The molecule has 43 heavy (non-hydrogen) atoms. The van der Waals surface area contributed by atoms with Crippen molar-refractivity contribution in [1.82, 2.24) is 10.3 Å². The molecule has 2 heterocycles. The summed E-state index contributed by atoms with van der Waals surface area (Å²) in [6, 6.07) is 26.0. The molecule has 0 spiro atoms. The number of carbonyl (C=O) groups excluding carboxylic acids is 3. The van der Waals surface area contributed by atoms with E-state index in [1.807, 2.05) is 73.1 Å². The predicted octanol–water partition coefficient (Wildman–Crippen LogP) is 7.63. The van der Waals surface area contributed by atoms with Crippen molar-refractivity contribution in [3.05, 3.63) is 123 Å². The van der Waals surface area contributed by atoms with Crippen LogP contribution in [0.3, 0.4) is 0 Å². The molecular weight excluding hydrogens is 597 g/mol. The van der Waals surface area contributed by atoms with E-state index in [0.717, 1.165) is 26.6 Å². The average Bonchev–Trinajstić information content (AvgIpc) is 3.66. The number of thiazole rings is 1. The number of rotatable bonds is 10. The molecule has 216 valence electrons. The molecule has 0 saturated carbocycles. The van der Waals surface area contributed by atoms with Crippen LogP contribution in [0.15, 0.2) is 106 Å². The van der Waals surface area contributed by atoms with E-state index in [-0.39, 0.29) is 23.3 Å². The fourth-order valence-electron chi connectivity index (χ4n) is 4.03. The molecule has 0 saturated heterocycles. The number of aromatic nitrogens is 1. The fourth-order valence-corrected chi connectivity index (χ4v) is 6.20. The zero-order valence-electron chi connectivity index (χ0n) is 23.4. The van der Waals surface area contributed by atoms with Crippen molar-refractivity contribution in [2.75, 3.05) is 16.4 Å². The summed E-state index contributed by atoms with van der Waals surface area (Å²) >= 11 is 4.34. The second kappa shape index (κ2) is 14.1. The largest absolute Gasteiger partial charge is 0.321 e. The van der Waals surface area contributed by atoms with Crippen molar-refractivity contribution >= 4 is 69.1 Å². The van der Waals surface area contributed by atoms with Gasteiger partial charge in [0.15, 0.2) is 5.13 Å². The Kier molecular flexibility index (Phi) is 9.83. The van der Waals surface area contributed by atoms with Crippen LogP contribution in [0.4, 0.5) is 10.8 Å². The van der Waals surface area contributed by atoms with Gasteiger partial charge in [-0.15, -0.1) is 23.1 Å². The number of nitrogens with one attached hydrogen (secondary N) is 3. The van der Waals surface area contributed by atoms with Crippen molar-refractivity contribution in [2.45, 2.75) is 18.7 Å². The van der Waals surface area contributed by atoms with Crippen molar-refractivity contribution in [1.29, 1.82) is 0 Å². The van der Waals surface area contributed by atoms with E-state index < -0.39 is 5.91 Å². The minimum absolute atomic E-state index is 0.130. The number of nitrogens with zero attached hydrogens (tertiary/aromatic N) is 1. The van der Waals surface area contributed by atoms with Gasteiger partial charge in [0.25, 0.3) is 11.8 Å². The maximum absolute atomic E-state index is 13.2. The molecule has 0 unspecified atom stereocenters. The lowest BCUT2D eigenvalue weighted by atomic mass is 10.1.